The Morgan fingerprint density at radius 3 is 2.18 bits per heavy atom. The molecule has 98 valence electrons. The summed E-state index contributed by atoms with van der Waals surface area (Å²) in [7, 11) is 0. The summed E-state index contributed by atoms with van der Waals surface area (Å²) in [5.74, 6) is 1.97. The lowest BCUT2D eigenvalue weighted by Crippen LogP contribution is -2.40. The lowest BCUT2D eigenvalue weighted by atomic mass is 9.98. The molecule has 1 saturated heterocycles. The fraction of sp³-hybridized carbons (Fsp3) is 1.00. The van der Waals surface area contributed by atoms with E-state index >= 15 is 0 Å². The highest BCUT2D eigenvalue weighted by atomic mass is 15.2. The quantitative estimate of drug-likeness (QED) is 0.789. The van der Waals surface area contributed by atoms with Crippen LogP contribution in [-0.2, 0) is 0 Å². The Morgan fingerprint density at radius 1 is 0.824 bits per heavy atom. The molecule has 3 rings (SSSR count). The fourth-order valence-corrected chi connectivity index (χ4v) is 3.75. The average molecular weight is 236 g/mol. The van der Waals surface area contributed by atoms with Crippen LogP contribution in [0.15, 0.2) is 0 Å². The van der Waals surface area contributed by atoms with Crippen molar-refractivity contribution in [1.82, 2.24) is 10.2 Å². The van der Waals surface area contributed by atoms with Crippen molar-refractivity contribution in [2.24, 2.45) is 11.8 Å². The molecule has 3 fully saturated rings. The van der Waals surface area contributed by atoms with Crippen LogP contribution >= 0.6 is 0 Å². The maximum Gasteiger partial charge on any atom is 0.00966 e. The Hall–Kier alpha value is -0.0800. The minimum absolute atomic E-state index is 0.936. The molecule has 1 aliphatic heterocycles. The van der Waals surface area contributed by atoms with E-state index in [0.717, 1.165) is 17.9 Å². The molecule has 0 aromatic carbocycles. The highest BCUT2D eigenvalue weighted by Crippen LogP contribution is 2.32. The summed E-state index contributed by atoms with van der Waals surface area (Å²) < 4.78 is 0. The minimum Gasteiger partial charge on any atom is -0.316 e. The predicted molar refractivity (Wildman–Crippen MR) is 72.1 cm³/mol. The predicted octanol–water partition coefficient (Wildman–Crippen LogP) is 2.64. The topological polar surface area (TPSA) is 15.3 Å². The van der Waals surface area contributed by atoms with E-state index < -0.39 is 0 Å². The molecule has 2 aliphatic carbocycles. The van der Waals surface area contributed by atoms with Crippen LogP contribution in [0.3, 0.4) is 0 Å². The molecule has 0 spiro atoms. The molecule has 2 heteroatoms. The van der Waals surface area contributed by atoms with Crippen LogP contribution in [0.5, 0.6) is 0 Å². The van der Waals surface area contributed by atoms with Crippen LogP contribution in [0, 0.1) is 11.8 Å². The van der Waals surface area contributed by atoms with Crippen molar-refractivity contribution in [2.75, 3.05) is 26.2 Å². The average Bonchev–Trinajstić information content (AvgIpc) is 3.09. The second kappa shape index (κ2) is 5.71. The van der Waals surface area contributed by atoms with E-state index in [1.807, 2.05) is 0 Å². The number of hydrogen-bond acceptors (Lipinski definition) is 2. The van der Waals surface area contributed by atoms with Crippen molar-refractivity contribution in [2.45, 2.75) is 57.4 Å². The maximum atomic E-state index is 3.57. The molecule has 0 amide bonds. The van der Waals surface area contributed by atoms with E-state index in [2.05, 4.69) is 10.2 Å². The molecule has 2 nitrogen and oxygen atoms in total. The zero-order valence-corrected chi connectivity index (χ0v) is 11.2. The third-order valence-corrected chi connectivity index (χ3v) is 4.92. The Kier molecular flexibility index (Phi) is 4.02. The highest BCUT2D eigenvalue weighted by molar-refractivity contribution is 4.88. The Labute approximate surface area is 106 Å². The van der Waals surface area contributed by atoms with Gasteiger partial charge in [-0.25, -0.2) is 0 Å². The first-order valence-electron chi connectivity index (χ1n) is 7.86. The molecule has 1 atom stereocenters. The van der Waals surface area contributed by atoms with E-state index in [9.17, 15) is 0 Å². The van der Waals surface area contributed by atoms with Crippen molar-refractivity contribution >= 4 is 0 Å². The number of rotatable bonds is 5. The molecule has 0 radical (unpaired) electrons. The van der Waals surface area contributed by atoms with E-state index in [1.165, 1.54) is 77.5 Å². The van der Waals surface area contributed by atoms with Gasteiger partial charge in [0.1, 0.15) is 0 Å². The molecule has 1 heterocycles. The van der Waals surface area contributed by atoms with Crippen molar-refractivity contribution in [3.63, 3.8) is 0 Å². The molecular weight excluding hydrogens is 208 g/mol. The van der Waals surface area contributed by atoms with Crippen LogP contribution in [0.1, 0.15) is 51.4 Å². The number of nitrogens with zero attached hydrogens (tertiary/aromatic N) is 1. The molecule has 1 unspecified atom stereocenters. The van der Waals surface area contributed by atoms with E-state index in [-0.39, 0.29) is 0 Å². The smallest absolute Gasteiger partial charge is 0.00966 e. The maximum absolute atomic E-state index is 3.57. The first kappa shape index (κ1) is 12.0. The highest BCUT2D eigenvalue weighted by Gasteiger charge is 2.32. The van der Waals surface area contributed by atoms with Crippen LogP contribution in [0.4, 0.5) is 0 Å². The normalized spacial score (nSPS) is 31.2. The molecule has 0 aromatic heterocycles. The van der Waals surface area contributed by atoms with Gasteiger partial charge >= 0.3 is 0 Å². The summed E-state index contributed by atoms with van der Waals surface area (Å²) in [4.78, 5) is 2.85. The lowest BCUT2D eigenvalue weighted by Gasteiger charge is -2.31. The zero-order chi connectivity index (χ0) is 11.5. The molecule has 0 bridgehead atoms. The molecule has 1 N–H and O–H groups in total. The van der Waals surface area contributed by atoms with E-state index in [1.54, 1.807) is 0 Å². The van der Waals surface area contributed by atoms with Crippen molar-refractivity contribution in [3.05, 3.63) is 0 Å². The van der Waals surface area contributed by atoms with Crippen molar-refractivity contribution in [3.8, 4) is 0 Å². The van der Waals surface area contributed by atoms with Gasteiger partial charge in [-0.3, -0.25) is 4.90 Å². The van der Waals surface area contributed by atoms with Crippen LogP contribution < -0.4 is 5.32 Å². The zero-order valence-electron chi connectivity index (χ0n) is 11.2. The van der Waals surface area contributed by atoms with Gasteiger partial charge in [-0.05, 0) is 63.5 Å². The molecule has 3 aliphatic rings. The van der Waals surface area contributed by atoms with Crippen LogP contribution in [0.25, 0.3) is 0 Å². The van der Waals surface area contributed by atoms with Crippen LogP contribution in [-0.4, -0.2) is 37.1 Å². The first-order valence-corrected chi connectivity index (χ1v) is 7.86. The summed E-state index contributed by atoms with van der Waals surface area (Å²) >= 11 is 0. The number of nitrogens with one attached hydrogen (secondary N) is 1. The number of hydrogen-bond donors (Lipinski definition) is 1. The first-order chi connectivity index (χ1) is 8.42. The lowest BCUT2D eigenvalue weighted by molar-refractivity contribution is 0.174. The van der Waals surface area contributed by atoms with Gasteiger partial charge in [-0.1, -0.05) is 12.8 Å². The molecule has 17 heavy (non-hydrogen) atoms. The SMILES string of the molecule is C1CCC(CN(CC2CCCNC2)C2CC2)C1. The van der Waals surface area contributed by atoms with Gasteiger partial charge in [0.25, 0.3) is 0 Å². The monoisotopic (exact) mass is 236 g/mol. The second-order valence-corrected chi connectivity index (χ2v) is 6.55. The Bertz CT molecular complexity index is 225. The van der Waals surface area contributed by atoms with Gasteiger partial charge in [0.15, 0.2) is 0 Å². The van der Waals surface area contributed by atoms with Crippen LogP contribution in [0.2, 0.25) is 0 Å². The fourth-order valence-electron chi connectivity index (χ4n) is 3.75. The van der Waals surface area contributed by atoms with Crippen molar-refractivity contribution in [1.29, 1.82) is 0 Å². The summed E-state index contributed by atoms with van der Waals surface area (Å²) in [6.45, 7) is 5.33. The Morgan fingerprint density at radius 2 is 1.53 bits per heavy atom. The van der Waals surface area contributed by atoms with E-state index in [4.69, 9.17) is 0 Å². The summed E-state index contributed by atoms with van der Waals surface area (Å²) in [5.41, 5.74) is 0. The van der Waals surface area contributed by atoms with Gasteiger partial charge in [0.05, 0.1) is 0 Å². The molecule has 2 saturated carbocycles. The molecular formula is C15H28N2. The van der Waals surface area contributed by atoms with Gasteiger partial charge in [0, 0.05) is 19.1 Å². The van der Waals surface area contributed by atoms with Gasteiger partial charge in [0.2, 0.25) is 0 Å². The summed E-state index contributed by atoms with van der Waals surface area (Å²) in [6, 6.07) is 0.970. The largest absolute Gasteiger partial charge is 0.316 e. The standard InChI is InChI=1S/C15H28N2/c1-2-5-13(4-1)11-17(15-7-8-15)12-14-6-3-9-16-10-14/h13-16H,1-12H2. The van der Waals surface area contributed by atoms with Gasteiger partial charge in [-0.2, -0.15) is 0 Å². The summed E-state index contributed by atoms with van der Waals surface area (Å²) in [5, 5.41) is 3.57. The molecule has 0 aromatic rings. The minimum atomic E-state index is 0.936. The Balaban J connectivity index is 1.48. The third kappa shape index (κ3) is 3.45. The van der Waals surface area contributed by atoms with Gasteiger partial charge < -0.3 is 5.32 Å². The summed E-state index contributed by atoms with van der Waals surface area (Å²) in [6.07, 6.45) is 11.8. The third-order valence-electron chi connectivity index (χ3n) is 4.92. The van der Waals surface area contributed by atoms with Gasteiger partial charge in [-0.15, -0.1) is 0 Å². The van der Waals surface area contributed by atoms with E-state index in [0.29, 0.717) is 0 Å². The van der Waals surface area contributed by atoms with Crippen molar-refractivity contribution < 1.29 is 0 Å². The number of piperidine rings is 1. The second-order valence-electron chi connectivity index (χ2n) is 6.55.